The second kappa shape index (κ2) is 11.1. The van der Waals surface area contributed by atoms with Crippen LogP contribution in [-0.4, -0.2) is 43.5 Å². The lowest BCUT2D eigenvalue weighted by molar-refractivity contribution is -0.140. The lowest BCUT2D eigenvalue weighted by Gasteiger charge is -2.29. The van der Waals surface area contributed by atoms with E-state index in [4.69, 9.17) is 9.47 Å². The van der Waals surface area contributed by atoms with E-state index >= 15 is 0 Å². The smallest absolute Gasteiger partial charge is 0.242 e. The van der Waals surface area contributed by atoms with Gasteiger partial charge in [-0.2, -0.15) is 0 Å². The van der Waals surface area contributed by atoms with Gasteiger partial charge in [-0.05, 0) is 36.6 Å². The summed E-state index contributed by atoms with van der Waals surface area (Å²) in [5, 5.41) is 2.88. The first-order chi connectivity index (χ1) is 14.0. The Balaban J connectivity index is 2.22. The molecule has 0 unspecified atom stereocenters. The number of hydrogen-bond acceptors (Lipinski definition) is 4. The number of benzene rings is 2. The van der Waals surface area contributed by atoms with E-state index in [2.05, 4.69) is 5.32 Å². The van der Waals surface area contributed by atoms with Crippen molar-refractivity contribution in [1.29, 1.82) is 0 Å². The summed E-state index contributed by atoms with van der Waals surface area (Å²) in [4.78, 5) is 27.3. The molecule has 2 rings (SSSR count). The highest BCUT2D eigenvalue weighted by atomic mass is 16.5. The molecule has 2 aromatic carbocycles. The predicted octanol–water partition coefficient (Wildman–Crippen LogP) is 3.19. The summed E-state index contributed by atoms with van der Waals surface area (Å²) in [6, 6.07) is 14.5. The van der Waals surface area contributed by atoms with Crippen LogP contribution in [0.5, 0.6) is 11.5 Å². The van der Waals surface area contributed by atoms with E-state index in [9.17, 15) is 9.59 Å². The van der Waals surface area contributed by atoms with Gasteiger partial charge in [-0.1, -0.05) is 43.3 Å². The molecule has 0 heterocycles. The molecule has 0 saturated heterocycles. The van der Waals surface area contributed by atoms with Gasteiger partial charge in [0.2, 0.25) is 11.8 Å². The Morgan fingerprint density at radius 2 is 1.69 bits per heavy atom. The van der Waals surface area contributed by atoms with Crippen molar-refractivity contribution in [2.75, 3.05) is 20.8 Å². The second-order valence-corrected chi connectivity index (χ2v) is 6.84. The minimum atomic E-state index is -0.575. The number of ether oxygens (including phenoxy) is 2. The summed E-state index contributed by atoms with van der Waals surface area (Å²) < 4.78 is 10.6. The third-order valence-electron chi connectivity index (χ3n) is 4.72. The SMILES string of the molecule is CCCNC(=O)[C@H](C)N(Cc1ccccc1)C(=O)Cc1ccc(OC)c(OC)c1. The van der Waals surface area contributed by atoms with Gasteiger partial charge < -0.3 is 19.7 Å². The van der Waals surface area contributed by atoms with Crippen LogP contribution in [0.4, 0.5) is 0 Å². The van der Waals surface area contributed by atoms with Gasteiger partial charge in [-0.15, -0.1) is 0 Å². The zero-order valence-electron chi connectivity index (χ0n) is 17.6. The van der Waals surface area contributed by atoms with Crippen molar-refractivity contribution in [3.05, 3.63) is 59.7 Å². The molecule has 1 atom stereocenters. The molecule has 0 fully saturated rings. The summed E-state index contributed by atoms with van der Waals surface area (Å²) in [5.41, 5.74) is 1.77. The molecule has 6 heteroatoms. The maximum absolute atomic E-state index is 13.2. The van der Waals surface area contributed by atoms with Gasteiger partial charge >= 0.3 is 0 Å². The Labute approximate surface area is 172 Å². The Morgan fingerprint density at radius 3 is 2.31 bits per heavy atom. The van der Waals surface area contributed by atoms with E-state index in [-0.39, 0.29) is 18.2 Å². The third kappa shape index (κ3) is 6.24. The van der Waals surface area contributed by atoms with Crippen molar-refractivity contribution in [2.24, 2.45) is 0 Å². The Morgan fingerprint density at radius 1 is 1.00 bits per heavy atom. The van der Waals surface area contributed by atoms with Gasteiger partial charge in [-0.25, -0.2) is 0 Å². The monoisotopic (exact) mass is 398 g/mol. The van der Waals surface area contributed by atoms with Crippen LogP contribution in [0.1, 0.15) is 31.4 Å². The first kappa shape index (κ1) is 22.3. The minimum Gasteiger partial charge on any atom is -0.493 e. The predicted molar refractivity (Wildman–Crippen MR) is 113 cm³/mol. The van der Waals surface area contributed by atoms with E-state index in [1.165, 1.54) is 0 Å². The molecule has 0 aliphatic heterocycles. The van der Waals surface area contributed by atoms with Gasteiger partial charge in [0.1, 0.15) is 6.04 Å². The molecule has 0 spiro atoms. The zero-order chi connectivity index (χ0) is 21.2. The van der Waals surface area contributed by atoms with Gasteiger partial charge in [0.15, 0.2) is 11.5 Å². The van der Waals surface area contributed by atoms with Gasteiger partial charge in [0, 0.05) is 13.1 Å². The van der Waals surface area contributed by atoms with Crippen molar-refractivity contribution >= 4 is 11.8 Å². The van der Waals surface area contributed by atoms with Crippen LogP contribution in [0.25, 0.3) is 0 Å². The summed E-state index contributed by atoms with van der Waals surface area (Å²) in [7, 11) is 3.13. The van der Waals surface area contributed by atoms with Crippen molar-refractivity contribution in [1.82, 2.24) is 10.2 Å². The molecule has 0 aliphatic carbocycles. The number of nitrogens with one attached hydrogen (secondary N) is 1. The topological polar surface area (TPSA) is 67.9 Å². The van der Waals surface area contributed by atoms with Gasteiger partial charge in [-0.3, -0.25) is 9.59 Å². The molecule has 6 nitrogen and oxygen atoms in total. The molecule has 0 aliphatic rings. The fraction of sp³-hybridized carbons (Fsp3) is 0.391. The molecule has 0 radical (unpaired) electrons. The van der Waals surface area contributed by atoms with Crippen LogP contribution in [-0.2, 0) is 22.6 Å². The van der Waals surface area contributed by atoms with Crippen molar-refractivity contribution in [3.8, 4) is 11.5 Å². The van der Waals surface area contributed by atoms with E-state index in [1.54, 1.807) is 38.2 Å². The first-order valence-electron chi connectivity index (χ1n) is 9.82. The molecule has 0 aromatic heterocycles. The van der Waals surface area contributed by atoms with Gasteiger partial charge in [0.25, 0.3) is 0 Å². The number of carbonyl (C=O) groups is 2. The lowest BCUT2D eigenvalue weighted by Crippen LogP contribution is -2.48. The summed E-state index contributed by atoms with van der Waals surface area (Å²) >= 11 is 0. The number of rotatable bonds is 10. The highest BCUT2D eigenvalue weighted by molar-refractivity contribution is 5.88. The maximum atomic E-state index is 13.2. The summed E-state index contributed by atoms with van der Waals surface area (Å²) in [6.45, 7) is 4.72. The molecule has 29 heavy (non-hydrogen) atoms. The Bertz CT molecular complexity index is 808. The third-order valence-corrected chi connectivity index (χ3v) is 4.72. The van der Waals surface area contributed by atoms with Crippen LogP contribution in [0.3, 0.4) is 0 Å². The largest absolute Gasteiger partial charge is 0.493 e. The molecule has 0 bridgehead atoms. The van der Waals surface area contributed by atoms with E-state index in [0.29, 0.717) is 24.6 Å². The molecule has 0 saturated carbocycles. The highest BCUT2D eigenvalue weighted by Crippen LogP contribution is 2.28. The number of carbonyl (C=O) groups excluding carboxylic acids is 2. The van der Waals surface area contributed by atoms with E-state index in [0.717, 1.165) is 17.5 Å². The Hall–Kier alpha value is -3.02. The Kier molecular flexibility index (Phi) is 8.52. The molecular weight excluding hydrogens is 368 g/mol. The molecule has 156 valence electrons. The maximum Gasteiger partial charge on any atom is 0.242 e. The van der Waals surface area contributed by atoms with Crippen molar-refractivity contribution in [2.45, 2.75) is 39.3 Å². The number of nitrogens with zero attached hydrogens (tertiary/aromatic N) is 1. The van der Waals surface area contributed by atoms with Crippen LogP contribution >= 0.6 is 0 Å². The quantitative estimate of drug-likeness (QED) is 0.667. The normalized spacial score (nSPS) is 11.4. The van der Waals surface area contributed by atoms with E-state index in [1.807, 2.05) is 43.3 Å². The fourth-order valence-corrected chi connectivity index (χ4v) is 3.03. The fourth-order valence-electron chi connectivity index (χ4n) is 3.03. The average molecular weight is 399 g/mol. The average Bonchev–Trinajstić information content (AvgIpc) is 2.75. The van der Waals surface area contributed by atoms with Crippen LogP contribution in [0.15, 0.2) is 48.5 Å². The lowest BCUT2D eigenvalue weighted by atomic mass is 10.1. The van der Waals surface area contributed by atoms with E-state index < -0.39 is 6.04 Å². The molecule has 2 amide bonds. The number of hydrogen-bond donors (Lipinski definition) is 1. The van der Waals surface area contributed by atoms with Crippen LogP contribution in [0, 0.1) is 0 Å². The molecule has 1 N–H and O–H groups in total. The summed E-state index contributed by atoms with van der Waals surface area (Å²) in [6.07, 6.45) is 1.01. The number of methoxy groups -OCH3 is 2. The van der Waals surface area contributed by atoms with Crippen molar-refractivity contribution < 1.29 is 19.1 Å². The first-order valence-corrected chi connectivity index (χ1v) is 9.82. The standard InChI is InChI=1S/C23H30N2O4/c1-5-13-24-23(27)17(2)25(16-18-9-7-6-8-10-18)22(26)15-19-11-12-20(28-3)21(14-19)29-4/h6-12,14,17H,5,13,15-16H2,1-4H3,(H,24,27)/t17-/m0/s1. The zero-order valence-corrected chi connectivity index (χ0v) is 17.6. The van der Waals surface area contributed by atoms with Crippen LogP contribution in [0.2, 0.25) is 0 Å². The van der Waals surface area contributed by atoms with Crippen LogP contribution < -0.4 is 14.8 Å². The minimum absolute atomic E-state index is 0.125. The van der Waals surface area contributed by atoms with Gasteiger partial charge in [0.05, 0.1) is 20.6 Å². The number of amides is 2. The summed E-state index contributed by atoms with van der Waals surface area (Å²) in [5.74, 6) is 0.905. The molecule has 2 aromatic rings. The second-order valence-electron chi connectivity index (χ2n) is 6.84. The van der Waals surface area contributed by atoms with Crippen molar-refractivity contribution in [3.63, 3.8) is 0 Å². The highest BCUT2D eigenvalue weighted by Gasteiger charge is 2.26. The molecular formula is C23H30N2O4.